The maximum Gasteiger partial charge on any atom is 0.310 e. The van der Waals surface area contributed by atoms with Crippen LogP contribution in [-0.2, 0) is 9.53 Å². The highest BCUT2D eigenvalue weighted by Crippen LogP contribution is 2.31. The van der Waals surface area contributed by atoms with E-state index in [2.05, 4.69) is 4.74 Å². The molecule has 1 aromatic carbocycles. The number of carbonyl (C=O) groups excluding carboxylic acids is 1. The number of carbonyl (C=O) groups is 1. The number of esters is 1. The summed E-state index contributed by atoms with van der Waals surface area (Å²) >= 11 is 0. The number of hydrogen-bond donors (Lipinski definition) is 0. The van der Waals surface area contributed by atoms with Crippen LogP contribution < -0.4 is 9.64 Å². The van der Waals surface area contributed by atoms with Gasteiger partial charge in [0.15, 0.2) is 0 Å². The molecule has 0 N–H and O–H groups in total. The maximum absolute atomic E-state index is 11.4. The van der Waals surface area contributed by atoms with Gasteiger partial charge in [-0.1, -0.05) is 6.92 Å². The molecule has 1 atom stereocenters. The lowest BCUT2D eigenvalue weighted by molar-refractivity contribution is -0.384. The maximum atomic E-state index is 11.4. The van der Waals surface area contributed by atoms with Gasteiger partial charge in [-0.15, -0.1) is 0 Å². The predicted octanol–water partition coefficient (Wildman–Crippen LogP) is 1.85. The van der Waals surface area contributed by atoms with Crippen LogP contribution in [0.1, 0.15) is 6.92 Å². The Kier molecular flexibility index (Phi) is 5.31. The van der Waals surface area contributed by atoms with Crippen molar-refractivity contribution in [3.05, 3.63) is 28.3 Å². The fourth-order valence-corrected chi connectivity index (χ4v) is 1.88. The normalized spacial score (nSPS) is 11.6. The number of rotatable bonds is 6. The van der Waals surface area contributed by atoms with Gasteiger partial charge >= 0.3 is 5.97 Å². The van der Waals surface area contributed by atoms with Gasteiger partial charge in [0, 0.05) is 25.7 Å². The van der Waals surface area contributed by atoms with Crippen LogP contribution in [0.15, 0.2) is 18.2 Å². The Morgan fingerprint density at radius 1 is 1.45 bits per heavy atom. The lowest BCUT2D eigenvalue weighted by atomic mass is 10.1. The molecule has 7 heteroatoms. The topological polar surface area (TPSA) is 81.9 Å². The summed E-state index contributed by atoms with van der Waals surface area (Å²) in [7, 11) is 4.48. The van der Waals surface area contributed by atoms with Crippen LogP contribution >= 0.6 is 0 Å². The van der Waals surface area contributed by atoms with Gasteiger partial charge < -0.3 is 14.4 Å². The van der Waals surface area contributed by atoms with E-state index in [1.807, 2.05) is 0 Å². The average molecular weight is 282 g/mol. The minimum atomic E-state index is -0.464. The molecular formula is C13H18N2O5. The van der Waals surface area contributed by atoms with Crippen LogP contribution in [0, 0.1) is 16.0 Å². The molecule has 0 aliphatic carbocycles. The molecule has 0 saturated carbocycles. The Morgan fingerprint density at radius 2 is 2.10 bits per heavy atom. The van der Waals surface area contributed by atoms with Crippen molar-refractivity contribution in [3.8, 4) is 5.75 Å². The first-order valence-corrected chi connectivity index (χ1v) is 6.02. The van der Waals surface area contributed by atoms with Crippen molar-refractivity contribution in [2.24, 2.45) is 5.92 Å². The lowest BCUT2D eigenvalue weighted by Gasteiger charge is -2.22. The van der Waals surface area contributed by atoms with E-state index in [0.29, 0.717) is 18.0 Å². The van der Waals surface area contributed by atoms with Crippen molar-refractivity contribution in [2.75, 3.05) is 32.7 Å². The Bertz CT molecular complexity index is 504. The van der Waals surface area contributed by atoms with Gasteiger partial charge in [-0.05, 0) is 6.07 Å². The standard InChI is InChI=1S/C13H18N2O5/c1-9(13(16)20-4)8-14(2)12-7-10(19-3)5-6-11(12)15(17)18/h5-7,9H,8H2,1-4H3. The second kappa shape index (κ2) is 6.74. The number of nitrogens with zero attached hydrogens (tertiary/aromatic N) is 2. The smallest absolute Gasteiger partial charge is 0.310 e. The van der Waals surface area contributed by atoms with E-state index in [0.717, 1.165) is 0 Å². The van der Waals surface area contributed by atoms with Crippen LogP contribution in [0.5, 0.6) is 5.75 Å². The monoisotopic (exact) mass is 282 g/mol. The van der Waals surface area contributed by atoms with E-state index in [4.69, 9.17) is 4.74 Å². The largest absolute Gasteiger partial charge is 0.497 e. The fraction of sp³-hybridized carbons (Fsp3) is 0.462. The first-order valence-electron chi connectivity index (χ1n) is 6.02. The SMILES string of the molecule is COC(=O)C(C)CN(C)c1cc(OC)ccc1[N+](=O)[O-]. The number of nitro groups is 1. The molecule has 0 spiro atoms. The summed E-state index contributed by atoms with van der Waals surface area (Å²) in [6, 6.07) is 4.48. The molecule has 1 unspecified atom stereocenters. The summed E-state index contributed by atoms with van der Waals surface area (Å²) < 4.78 is 9.72. The van der Waals surface area contributed by atoms with Crippen LogP contribution in [0.2, 0.25) is 0 Å². The molecule has 0 aliphatic heterocycles. The highest BCUT2D eigenvalue weighted by atomic mass is 16.6. The molecule has 0 bridgehead atoms. The zero-order chi connectivity index (χ0) is 15.3. The molecule has 7 nitrogen and oxygen atoms in total. The molecule has 110 valence electrons. The lowest BCUT2D eigenvalue weighted by Crippen LogP contribution is -2.29. The van der Waals surface area contributed by atoms with Crippen molar-refractivity contribution < 1.29 is 19.2 Å². The third-order valence-electron chi connectivity index (χ3n) is 2.94. The molecule has 0 fully saturated rings. The van der Waals surface area contributed by atoms with Crippen molar-refractivity contribution in [3.63, 3.8) is 0 Å². The number of anilines is 1. The summed E-state index contributed by atoms with van der Waals surface area (Å²) in [5, 5.41) is 11.0. The predicted molar refractivity (Wildman–Crippen MR) is 74.1 cm³/mol. The number of benzene rings is 1. The molecule has 1 rings (SSSR count). The zero-order valence-corrected chi connectivity index (χ0v) is 12.0. The number of hydrogen-bond acceptors (Lipinski definition) is 6. The number of methoxy groups -OCH3 is 2. The van der Waals surface area contributed by atoms with Gasteiger partial charge in [0.25, 0.3) is 5.69 Å². The summed E-state index contributed by atoms with van der Waals surface area (Å²) in [5.74, 6) is -0.235. The molecule has 0 amide bonds. The van der Waals surface area contributed by atoms with Crippen molar-refractivity contribution >= 4 is 17.3 Å². The Labute approximate surface area is 117 Å². The third kappa shape index (κ3) is 3.59. The quantitative estimate of drug-likeness (QED) is 0.450. The van der Waals surface area contributed by atoms with Crippen molar-refractivity contribution in [1.82, 2.24) is 0 Å². The van der Waals surface area contributed by atoms with E-state index < -0.39 is 10.8 Å². The molecule has 0 aromatic heterocycles. The third-order valence-corrected chi connectivity index (χ3v) is 2.94. The molecule has 0 aliphatic rings. The van der Waals surface area contributed by atoms with Crippen molar-refractivity contribution in [1.29, 1.82) is 0 Å². The summed E-state index contributed by atoms with van der Waals surface area (Å²) in [6.45, 7) is 2.01. The van der Waals surface area contributed by atoms with Crippen LogP contribution in [0.3, 0.4) is 0 Å². The second-order valence-electron chi connectivity index (χ2n) is 4.42. The van der Waals surface area contributed by atoms with Crippen molar-refractivity contribution in [2.45, 2.75) is 6.92 Å². The van der Waals surface area contributed by atoms with Gasteiger partial charge in [-0.2, -0.15) is 0 Å². The van der Waals surface area contributed by atoms with Crippen LogP contribution in [0.4, 0.5) is 11.4 Å². The van der Waals surface area contributed by atoms with Gasteiger partial charge in [0.1, 0.15) is 11.4 Å². The Morgan fingerprint density at radius 3 is 2.60 bits per heavy atom. The first kappa shape index (κ1) is 15.7. The van der Waals surface area contributed by atoms with E-state index in [-0.39, 0.29) is 11.7 Å². The summed E-state index contributed by atoms with van der Waals surface area (Å²) in [6.07, 6.45) is 0. The van der Waals surface area contributed by atoms with Crippen LogP contribution in [0.25, 0.3) is 0 Å². The van der Waals surface area contributed by atoms with Gasteiger partial charge in [-0.25, -0.2) is 0 Å². The summed E-state index contributed by atoms with van der Waals surface area (Å²) in [5.41, 5.74) is 0.357. The molecule has 1 aromatic rings. The Balaban J connectivity index is 3.03. The molecule has 0 saturated heterocycles. The minimum Gasteiger partial charge on any atom is -0.497 e. The minimum absolute atomic E-state index is 0.0367. The fourth-order valence-electron chi connectivity index (χ4n) is 1.88. The highest BCUT2D eigenvalue weighted by Gasteiger charge is 2.22. The first-order chi connectivity index (χ1) is 9.40. The zero-order valence-electron chi connectivity index (χ0n) is 12.0. The van der Waals surface area contributed by atoms with E-state index in [1.165, 1.54) is 26.4 Å². The van der Waals surface area contributed by atoms with Gasteiger partial charge in [0.2, 0.25) is 0 Å². The summed E-state index contributed by atoms with van der Waals surface area (Å²) in [4.78, 5) is 23.6. The van der Waals surface area contributed by atoms with Gasteiger partial charge in [0.05, 0.1) is 25.1 Å². The number of ether oxygens (including phenoxy) is 2. The van der Waals surface area contributed by atoms with E-state index in [1.54, 1.807) is 24.9 Å². The average Bonchev–Trinajstić information content (AvgIpc) is 2.45. The van der Waals surface area contributed by atoms with E-state index >= 15 is 0 Å². The number of nitro benzene ring substituents is 1. The Hall–Kier alpha value is -2.31. The highest BCUT2D eigenvalue weighted by molar-refractivity contribution is 5.73. The van der Waals surface area contributed by atoms with Crippen LogP contribution in [-0.4, -0.2) is 38.7 Å². The molecular weight excluding hydrogens is 264 g/mol. The molecule has 0 radical (unpaired) electrons. The second-order valence-corrected chi connectivity index (χ2v) is 4.42. The molecule has 0 heterocycles. The van der Waals surface area contributed by atoms with Gasteiger partial charge in [-0.3, -0.25) is 14.9 Å². The molecule has 20 heavy (non-hydrogen) atoms. The van der Waals surface area contributed by atoms with E-state index in [9.17, 15) is 14.9 Å².